The van der Waals surface area contributed by atoms with Gasteiger partial charge in [0.1, 0.15) is 5.82 Å². The summed E-state index contributed by atoms with van der Waals surface area (Å²) in [5.41, 5.74) is 0.754. The van der Waals surface area contributed by atoms with Crippen LogP contribution in [-0.2, 0) is 6.54 Å². The zero-order chi connectivity index (χ0) is 12.7. The third-order valence-corrected chi connectivity index (χ3v) is 2.79. The Bertz CT molecular complexity index is 393. The summed E-state index contributed by atoms with van der Waals surface area (Å²) in [6.45, 7) is 5.53. The van der Waals surface area contributed by atoms with E-state index in [1.165, 1.54) is 6.07 Å². The molecule has 0 fully saturated rings. The SMILES string of the molecule is CC(C)(CCC#N)CNCc1ccccc1F. The molecule has 0 aromatic heterocycles. The van der Waals surface area contributed by atoms with Crippen molar-refractivity contribution in [2.75, 3.05) is 6.54 Å². The van der Waals surface area contributed by atoms with Crippen molar-refractivity contribution in [2.24, 2.45) is 5.41 Å². The second-order valence-electron chi connectivity index (χ2n) is 5.02. The molecule has 0 bridgehead atoms. The van der Waals surface area contributed by atoms with Gasteiger partial charge in [-0.3, -0.25) is 0 Å². The lowest BCUT2D eigenvalue weighted by molar-refractivity contribution is 0.316. The molecule has 0 radical (unpaired) electrons. The number of hydrogen-bond donors (Lipinski definition) is 1. The van der Waals surface area contributed by atoms with Gasteiger partial charge in [0.05, 0.1) is 6.07 Å². The van der Waals surface area contributed by atoms with E-state index in [0.717, 1.165) is 13.0 Å². The maximum Gasteiger partial charge on any atom is 0.127 e. The molecule has 0 aliphatic carbocycles. The second kappa shape index (κ2) is 6.36. The zero-order valence-corrected chi connectivity index (χ0v) is 10.5. The van der Waals surface area contributed by atoms with Gasteiger partial charge >= 0.3 is 0 Å². The van der Waals surface area contributed by atoms with E-state index in [-0.39, 0.29) is 11.2 Å². The molecule has 3 heteroatoms. The largest absolute Gasteiger partial charge is 0.312 e. The van der Waals surface area contributed by atoms with Gasteiger partial charge in [0.25, 0.3) is 0 Å². The molecule has 0 aliphatic heterocycles. The predicted octanol–water partition coefficient (Wildman–Crippen LogP) is 3.25. The average molecular weight is 234 g/mol. The van der Waals surface area contributed by atoms with Gasteiger partial charge in [0, 0.05) is 25.1 Å². The van der Waals surface area contributed by atoms with Crippen LogP contribution in [-0.4, -0.2) is 6.54 Å². The molecule has 1 aromatic carbocycles. The van der Waals surface area contributed by atoms with Crippen LogP contribution in [0.5, 0.6) is 0 Å². The van der Waals surface area contributed by atoms with Gasteiger partial charge in [0.2, 0.25) is 0 Å². The number of nitrogens with zero attached hydrogens (tertiary/aromatic N) is 1. The summed E-state index contributed by atoms with van der Waals surface area (Å²) in [5.74, 6) is -0.171. The summed E-state index contributed by atoms with van der Waals surface area (Å²) in [6, 6.07) is 8.93. The molecule has 0 unspecified atom stereocenters. The Balaban J connectivity index is 2.38. The summed E-state index contributed by atoms with van der Waals surface area (Å²) in [7, 11) is 0. The van der Waals surface area contributed by atoms with E-state index in [1.807, 2.05) is 6.07 Å². The van der Waals surface area contributed by atoms with E-state index in [4.69, 9.17) is 5.26 Å². The minimum atomic E-state index is -0.171. The minimum Gasteiger partial charge on any atom is -0.312 e. The van der Waals surface area contributed by atoms with Crippen molar-refractivity contribution in [1.82, 2.24) is 5.32 Å². The number of benzene rings is 1. The van der Waals surface area contributed by atoms with Gasteiger partial charge in [-0.25, -0.2) is 4.39 Å². The van der Waals surface area contributed by atoms with E-state index in [0.29, 0.717) is 18.5 Å². The second-order valence-corrected chi connectivity index (χ2v) is 5.02. The van der Waals surface area contributed by atoms with Crippen molar-refractivity contribution in [2.45, 2.75) is 33.2 Å². The van der Waals surface area contributed by atoms with E-state index >= 15 is 0 Å². The van der Waals surface area contributed by atoms with Crippen LogP contribution in [0.1, 0.15) is 32.3 Å². The van der Waals surface area contributed by atoms with Crippen molar-refractivity contribution < 1.29 is 4.39 Å². The number of nitrogens with one attached hydrogen (secondary N) is 1. The van der Waals surface area contributed by atoms with Gasteiger partial charge < -0.3 is 5.32 Å². The van der Waals surface area contributed by atoms with Gasteiger partial charge in [-0.2, -0.15) is 5.26 Å². The standard InChI is InChI=1S/C14H19FN2/c1-14(2,8-5-9-16)11-17-10-12-6-3-4-7-13(12)15/h3-4,6-7,17H,5,8,10-11H2,1-2H3. The molecular weight excluding hydrogens is 215 g/mol. The first-order valence-corrected chi connectivity index (χ1v) is 5.86. The van der Waals surface area contributed by atoms with Gasteiger partial charge in [-0.05, 0) is 17.9 Å². The first kappa shape index (κ1) is 13.7. The molecular formula is C14H19FN2. The van der Waals surface area contributed by atoms with Crippen LogP contribution in [0.4, 0.5) is 4.39 Å². The lowest BCUT2D eigenvalue weighted by atomic mass is 9.88. The Morgan fingerprint density at radius 2 is 2.06 bits per heavy atom. The lowest BCUT2D eigenvalue weighted by Crippen LogP contribution is -2.29. The first-order chi connectivity index (χ1) is 8.05. The van der Waals surface area contributed by atoms with Crippen LogP contribution < -0.4 is 5.32 Å². The third-order valence-electron chi connectivity index (χ3n) is 2.79. The fourth-order valence-electron chi connectivity index (χ4n) is 1.66. The number of halogens is 1. The Morgan fingerprint density at radius 1 is 1.35 bits per heavy atom. The fraction of sp³-hybridized carbons (Fsp3) is 0.500. The zero-order valence-electron chi connectivity index (χ0n) is 10.5. The van der Waals surface area contributed by atoms with Crippen molar-refractivity contribution in [3.05, 3.63) is 35.6 Å². The first-order valence-electron chi connectivity index (χ1n) is 5.86. The highest BCUT2D eigenvalue weighted by molar-refractivity contribution is 5.16. The molecule has 0 amide bonds. The monoisotopic (exact) mass is 234 g/mol. The van der Waals surface area contributed by atoms with Crippen molar-refractivity contribution >= 4 is 0 Å². The van der Waals surface area contributed by atoms with Crippen molar-refractivity contribution in [3.63, 3.8) is 0 Å². The maximum atomic E-state index is 13.3. The molecule has 92 valence electrons. The summed E-state index contributed by atoms with van der Waals surface area (Å²) >= 11 is 0. The van der Waals surface area contributed by atoms with Crippen LogP contribution in [0.15, 0.2) is 24.3 Å². The molecule has 17 heavy (non-hydrogen) atoms. The maximum absolute atomic E-state index is 13.3. The van der Waals surface area contributed by atoms with Crippen LogP contribution in [0, 0.1) is 22.6 Å². The fourth-order valence-corrected chi connectivity index (χ4v) is 1.66. The molecule has 1 N–H and O–H groups in total. The molecule has 1 rings (SSSR count). The lowest BCUT2D eigenvalue weighted by Gasteiger charge is -2.23. The predicted molar refractivity (Wildman–Crippen MR) is 66.7 cm³/mol. The summed E-state index contributed by atoms with van der Waals surface area (Å²) in [6.07, 6.45) is 1.42. The smallest absolute Gasteiger partial charge is 0.127 e. The molecule has 0 atom stereocenters. The Morgan fingerprint density at radius 3 is 2.71 bits per heavy atom. The Hall–Kier alpha value is -1.40. The highest BCUT2D eigenvalue weighted by Crippen LogP contribution is 2.20. The van der Waals surface area contributed by atoms with E-state index in [9.17, 15) is 4.39 Å². The van der Waals surface area contributed by atoms with Crippen molar-refractivity contribution in [1.29, 1.82) is 5.26 Å². The summed E-state index contributed by atoms with van der Waals surface area (Å²) in [4.78, 5) is 0. The Labute approximate surface area is 102 Å². The molecule has 0 heterocycles. The molecule has 2 nitrogen and oxygen atoms in total. The molecule has 0 saturated carbocycles. The molecule has 0 saturated heterocycles. The normalized spacial score (nSPS) is 11.2. The average Bonchev–Trinajstić information content (AvgIpc) is 2.29. The van der Waals surface area contributed by atoms with Gasteiger partial charge in [-0.15, -0.1) is 0 Å². The van der Waals surface area contributed by atoms with E-state index < -0.39 is 0 Å². The third kappa shape index (κ3) is 4.97. The Kier molecular flexibility index (Phi) is 5.11. The topological polar surface area (TPSA) is 35.8 Å². The molecule has 0 spiro atoms. The van der Waals surface area contributed by atoms with Gasteiger partial charge in [-0.1, -0.05) is 32.0 Å². The minimum absolute atomic E-state index is 0.0704. The van der Waals surface area contributed by atoms with Gasteiger partial charge in [0.15, 0.2) is 0 Å². The molecule has 1 aromatic rings. The van der Waals surface area contributed by atoms with E-state index in [1.54, 1.807) is 12.1 Å². The summed E-state index contributed by atoms with van der Waals surface area (Å²) in [5, 5.41) is 11.8. The molecule has 0 aliphatic rings. The number of nitriles is 1. The van der Waals surface area contributed by atoms with Crippen LogP contribution >= 0.6 is 0 Å². The quantitative estimate of drug-likeness (QED) is 0.820. The highest BCUT2D eigenvalue weighted by atomic mass is 19.1. The van der Waals surface area contributed by atoms with E-state index in [2.05, 4.69) is 25.2 Å². The number of hydrogen-bond acceptors (Lipinski definition) is 2. The van der Waals surface area contributed by atoms with Crippen LogP contribution in [0.25, 0.3) is 0 Å². The summed E-state index contributed by atoms with van der Waals surface area (Å²) < 4.78 is 13.3. The highest BCUT2D eigenvalue weighted by Gasteiger charge is 2.16. The number of rotatable bonds is 6. The van der Waals surface area contributed by atoms with Crippen LogP contribution in [0.2, 0.25) is 0 Å². The van der Waals surface area contributed by atoms with Crippen LogP contribution in [0.3, 0.4) is 0 Å². The van der Waals surface area contributed by atoms with Crippen molar-refractivity contribution in [3.8, 4) is 6.07 Å².